The highest BCUT2D eigenvalue weighted by Gasteiger charge is 2.30. The highest BCUT2D eigenvalue weighted by atomic mass is 32.2. The van der Waals surface area contributed by atoms with Crippen molar-refractivity contribution in [2.24, 2.45) is 0 Å². The lowest BCUT2D eigenvalue weighted by atomic mass is 10.1. The number of sulfone groups is 1. The molecule has 0 atom stereocenters. The fourth-order valence-electron chi connectivity index (χ4n) is 3.45. The molecule has 0 unspecified atom stereocenters. The van der Waals surface area contributed by atoms with Crippen molar-refractivity contribution >= 4 is 21.6 Å². The number of hydrogen-bond acceptors (Lipinski definition) is 4. The second-order valence-electron chi connectivity index (χ2n) is 7.95. The summed E-state index contributed by atoms with van der Waals surface area (Å²) in [6.45, 7) is 0.0424. The van der Waals surface area contributed by atoms with Crippen LogP contribution in [0.2, 0.25) is 0 Å². The van der Waals surface area contributed by atoms with E-state index in [0.29, 0.717) is 11.4 Å². The average molecular weight is 515 g/mol. The molecule has 2 N–H and O–H groups in total. The topological polar surface area (TPSA) is 93.1 Å². The van der Waals surface area contributed by atoms with E-state index in [1.165, 1.54) is 24.3 Å². The molecule has 0 fully saturated rings. The van der Waals surface area contributed by atoms with Gasteiger partial charge in [-0.25, -0.2) is 17.9 Å². The predicted octanol–water partition coefficient (Wildman–Crippen LogP) is 5.28. The van der Waals surface area contributed by atoms with Crippen LogP contribution >= 0.6 is 0 Å². The fourth-order valence-corrected chi connectivity index (χ4v) is 4.08. The summed E-state index contributed by atoms with van der Waals surface area (Å²) in [5.41, 5.74) is 2.13. The second-order valence-corrected chi connectivity index (χ2v) is 9.96. The van der Waals surface area contributed by atoms with Gasteiger partial charge in [-0.1, -0.05) is 30.3 Å². The summed E-state index contributed by atoms with van der Waals surface area (Å²) < 4.78 is 63.4. The Bertz CT molecular complexity index is 1470. The van der Waals surface area contributed by atoms with E-state index >= 15 is 0 Å². The van der Waals surface area contributed by atoms with Crippen LogP contribution < -0.4 is 10.6 Å². The first-order valence-corrected chi connectivity index (χ1v) is 12.6. The highest BCUT2D eigenvalue weighted by molar-refractivity contribution is 7.90. The number of hydrogen-bond donors (Lipinski definition) is 2. The molecule has 3 aromatic carbocycles. The molecule has 0 aliphatic heterocycles. The third-order valence-corrected chi connectivity index (χ3v) is 6.37. The molecule has 1 heterocycles. The first kappa shape index (κ1) is 25.0. The van der Waals surface area contributed by atoms with Gasteiger partial charge in [-0.2, -0.15) is 18.3 Å². The molecule has 2 amide bonds. The number of alkyl halides is 3. The van der Waals surface area contributed by atoms with Crippen molar-refractivity contribution in [2.45, 2.75) is 17.6 Å². The van der Waals surface area contributed by atoms with Gasteiger partial charge in [0.1, 0.15) is 0 Å². The molecular formula is C25H21F3N4O3S. The fraction of sp³-hybridized carbons (Fsp3) is 0.120. The van der Waals surface area contributed by atoms with Crippen molar-refractivity contribution < 1.29 is 26.4 Å². The summed E-state index contributed by atoms with van der Waals surface area (Å²) in [4.78, 5) is 12.5. The zero-order chi connectivity index (χ0) is 25.9. The van der Waals surface area contributed by atoms with E-state index < -0.39 is 27.6 Å². The first-order valence-electron chi connectivity index (χ1n) is 10.7. The van der Waals surface area contributed by atoms with Crippen LogP contribution in [0.15, 0.2) is 89.8 Å². The number of amides is 2. The van der Waals surface area contributed by atoms with Gasteiger partial charge in [0.2, 0.25) is 0 Å². The van der Waals surface area contributed by atoms with Gasteiger partial charge >= 0.3 is 12.2 Å². The molecule has 36 heavy (non-hydrogen) atoms. The minimum atomic E-state index is -4.46. The van der Waals surface area contributed by atoms with E-state index in [2.05, 4.69) is 15.7 Å². The number of carbonyl (C=O) groups is 1. The molecule has 11 heteroatoms. The van der Waals surface area contributed by atoms with E-state index in [4.69, 9.17) is 0 Å². The average Bonchev–Trinajstić information content (AvgIpc) is 3.27. The molecule has 4 rings (SSSR count). The van der Waals surface area contributed by atoms with Crippen LogP contribution in [0.3, 0.4) is 0 Å². The summed E-state index contributed by atoms with van der Waals surface area (Å²) in [7, 11) is -3.35. The van der Waals surface area contributed by atoms with Crippen LogP contribution in [0.5, 0.6) is 0 Å². The number of rotatable bonds is 6. The van der Waals surface area contributed by atoms with Gasteiger partial charge in [0.15, 0.2) is 9.84 Å². The van der Waals surface area contributed by atoms with Gasteiger partial charge in [0.05, 0.1) is 34.1 Å². The molecule has 0 saturated heterocycles. The van der Waals surface area contributed by atoms with Gasteiger partial charge in [0, 0.05) is 17.5 Å². The SMILES string of the molecule is CS(=O)(=O)c1ccc(-n2nc(CNC(=O)Nc3ccc(C(F)(F)F)cc3)cc2-c2ccccc2)cc1. The molecule has 0 aliphatic carbocycles. The van der Waals surface area contributed by atoms with E-state index in [-0.39, 0.29) is 17.1 Å². The molecule has 7 nitrogen and oxygen atoms in total. The summed E-state index contributed by atoms with van der Waals surface area (Å²) >= 11 is 0. The number of anilines is 1. The van der Waals surface area contributed by atoms with Crippen molar-refractivity contribution in [1.29, 1.82) is 0 Å². The van der Waals surface area contributed by atoms with E-state index in [0.717, 1.165) is 29.6 Å². The van der Waals surface area contributed by atoms with Gasteiger partial charge < -0.3 is 10.6 Å². The lowest BCUT2D eigenvalue weighted by molar-refractivity contribution is -0.137. The van der Waals surface area contributed by atoms with E-state index in [1.54, 1.807) is 22.9 Å². The molecule has 0 bridgehead atoms. The van der Waals surface area contributed by atoms with Crippen LogP contribution in [-0.2, 0) is 22.6 Å². The number of halogens is 3. The highest BCUT2D eigenvalue weighted by Crippen LogP contribution is 2.30. The van der Waals surface area contributed by atoms with Crippen molar-refractivity contribution in [3.05, 3.63) is 96.2 Å². The molecule has 0 aliphatic rings. The summed E-state index contributed by atoms with van der Waals surface area (Å²) in [5, 5.41) is 9.69. The summed E-state index contributed by atoms with van der Waals surface area (Å²) in [5.74, 6) is 0. The zero-order valence-electron chi connectivity index (χ0n) is 19.0. The molecule has 0 spiro atoms. The molecule has 0 saturated carbocycles. The Kier molecular flexibility index (Phi) is 6.84. The van der Waals surface area contributed by atoms with Crippen LogP contribution in [-0.4, -0.2) is 30.5 Å². The van der Waals surface area contributed by atoms with Crippen LogP contribution in [0.1, 0.15) is 11.3 Å². The third kappa shape index (κ3) is 5.92. The molecule has 4 aromatic rings. The Hall–Kier alpha value is -4.12. The summed E-state index contributed by atoms with van der Waals surface area (Å²) in [6.07, 6.45) is -3.33. The molecular weight excluding hydrogens is 493 g/mol. The predicted molar refractivity (Wildman–Crippen MR) is 129 cm³/mol. The monoisotopic (exact) mass is 514 g/mol. The maximum absolute atomic E-state index is 12.7. The molecule has 0 radical (unpaired) electrons. The van der Waals surface area contributed by atoms with Gasteiger partial charge in [-0.15, -0.1) is 0 Å². The Labute approximate surface area is 205 Å². The normalized spacial score (nSPS) is 11.8. The van der Waals surface area contributed by atoms with Gasteiger partial charge in [-0.3, -0.25) is 0 Å². The number of nitrogens with zero attached hydrogens (tertiary/aromatic N) is 2. The first-order chi connectivity index (χ1) is 17.0. The quantitative estimate of drug-likeness (QED) is 0.366. The van der Waals surface area contributed by atoms with Crippen LogP contribution in [0.25, 0.3) is 16.9 Å². The van der Waals surface area contributed by atoms with Crippen LogP contribution in [0, 0.1) is 0 Å². The van der Waals surface area contributed by atoms with Crippen LogP contribution in [0.4, 0.5) is 23.7 Å². The minimum Gasteiger partial charge on any atom is -0.332 e. The maximum atomic E-state index is 12.7. The van der Waals surface area contributed by atoms with E-state index in [1.807, 2.05) is 30.3 Å². The Morgan fingerprint density at radius 3 is 2.17 bits per heavy atom. The number of nitrogens with one attached hydrogen (secondary N) is 2. The lowest BCUT2D eigenvalue weighted by Crippen LogP contribution is -2.28. The van der Waals surface area contributed by atoms with Gasteiger partial charge in [0.25, 0.3) is 0 Å². The number of carbonyl (C=O) groups excluding carboxylic acids is 1. The van der Waals surface area contributed by atoms with E-state index in [9.17, 15) is 26.4 Å². The molecule has 1 aromatic heterocycles. The largest absolute Gasteiger partial charge is 0.416 e. The third-order valence-electron chi connectivity index (χ3n) is 5.24. The van der Waals surface area contributed by atoms with Crippen molar-refractivity contribution in [2.75, 3.05) is 11.6 Å². The Morgan fingerprint density at radius 2 is 1.58 bits per heavy atom. The number of urea groups is 1. The van der Waals surface area contributed by atoms with Crippen molar-refractivity contribution in [3.8, 4) is 16.9 Å². The summed E-state index contributed by atoms with van der Waals surface area (Å²) in [6, 6.07) is 21.0. The number of benzene rings is 3. The van der Waals surface area contributed by atoms with Gasteiger partial charge in [-0.05, 0) is 54.6 Å². The zero-order valence-corrected chi connectivity index (χ0v) is 19.8. The Morgan fingerprint density at radius 1 is 0.944 bits per heavy atom. The lowest BCUT2D eigenvalue weighted by Gasteiger charge is -2.09. The number of aromatic nitrogens is 2. The smallest absolute Gasteiger partial charge is 0.332 e. The standard InChI is InChI=1S/C25H21F3N4O3S/c1-36(34,35)22-13-11-21(12-14-22)32-23(17-5-3-2-4-6-17)15-20(31-32)16-29-24(33)30-19-9-7-18(8-10-19)25(26,27)28/h2-15H,16H2,1H3,(H2,29,30,33). The second kappa shape index (κ2) is 9.86. The van der Waals surface area contributed by atoms with Crippen molar-refractivity contribution in [3.63, 3.8) is 0 Å². The maximum Gasteiger partial charge on any atom is 0.416 e. The van der Waals surface area contributed by atoms with Crippen molar-refractivity contribution in [1.82, 2.24) is 15.1 Å². The minimum absolute atomic E-state index is 0.0424. The Balaban J connectivity index is 1.52. The molecule has 186 valence electrons.